The summed E-state index contributed by atoms with van der Waals surface area (Å²) in [5.74, 6) is -0.293. The Hall–Kier alpha value is -2.54. The van der Waals surface area contributed by atoms with Gasteiger partial charge < -0.3 is 19.9 Å². The Morgan fingerprint density at radius 2 is 2.04 bits per heavy atom. The average molecular weight is 335 g/mol. The zero-order chi connectivity index (χ0) is 16.8. The number of hydrogen-bond acceptors (Lipinski definition) is 5. The van der Waals surface area contributed by atoms with Crippen molar-refractivity contribution in [3.8, 4) is 11.5 Å². The largest absolute Gasteiger partial charge is 0.497 e. The standard InChI is InChI=1S/C16H17NO5S/c1-21-11-3-4-12(14(7-11)22-2)13(8-15(18)19)17-16(20)10-5-6-23-9-10/h3-7,9,13H,8H2,1-2H3,(H,17,20)(H,18,19). The molecule has 0 radical (unpaired) electrons. The van der Waals surface area contributed by atoms with Crippen molar-refractivity contribution in [2.75, 3.05) is 14.2 Å². The molecule has 2 aromatic rings. The van der Waals surface area contributed by atoms with E-state index in [9.17, 15) is 9.59 Å². The molecule has 0 bridgehead atoms. The quantitative estimate of drug-likeness (QED) is 0.813. The molecule has 0 saturated carbocycles. The van der Waals surface area contributed by atoms with Crippen molar-refractivity contribution in [3.05, 3.63) is 46.2 Å². The van der Waals surface area contributed by atoms with Gasteiger partial charge in [-0.1, -0.05) is 0 Å². The second-order valence-electron chi connectivity index (χ2n) is 4.74. The summed E-state index contributed by atoms with van der Waals surface area (Å²) in [7, 11) is 3.01. The van der Waals surface area contributed by atoms with E-state index in [1.165, 1.54) is 25.6 Å². The number of amides is 1. The maximum Gasteiger partial charge on any atom is 0.305 e. The van der Waals surface area contributed by atoms with Gasteiger partial charge in [0.15, 0.2) is 0 Å². The summed E-state index contributed by atoms with van der Waals surface area (Å²) in [5.41, 5.74) is 1.08. The van der Waals surface area contributed by atoms with Crippen molar-refractivity contribution in [3.63, 3.8) is 0 Å². The number of nitrogens with one attached hydrogen (secondary N) is 1. The summed E-state index contributed by atoms with van der Waals surface area (Å²) in [4.78, 5) is 23.4. The lowest BCUT2D eigenvalue weighted by Gasteiger charge is -2.20. The van der Waals surface area contributed by atoms with E-state index in [-0.39, 0.29) is 12.3 Å². The Bertz CT molecular complexity index is 684. The summed E-state index contributed by atoms with van der Waals surface area (Å²) < 4.78 is 10.4. The maximum absolute atomic E-state index is 12.2. The molecule has 7 heteroatoms. The molecular weight excluding hydrogens is 318 g/mol. The number of carboxylic acids is 1. The lowest BCUT2D eigenvalue weighted by atomic mass is 10.0. The van der Waals surface area contributed by atoms with Crippen LogP contribution in [0, 0.1) is 0 Å². The van der Waals surface area contributed by atoms with Crippen LogP contribution in [0.5, 0.6) is 11.5 Å². The molecule has 1 unspecified atom stereocenters. The summed E-state index contributed by atoms with van der Waals surface area (Å²) in [6.45, 7) is 0. The molecule has 0 aliphatic heterocycles. The van der Waals surface area contributed by atoms with Gasteiger partial charge in [-0.3, -0.25) is 9.59 Å². The van der Waals surface area contributed by atoms with Crippen molar-refractivity contribution in [1.82, 2.24) is 5.32 Å². The van der Waals surface area contributed by atoms with Crippen LogP contribution in [-0.2, 0) is 4.79 Å². The van der Waals surface area contributed by atoms with Crippen molar-refractivity contribution in [2.24, 2.45) is 0 Å². The van der Waals surface area contributed by atoms with Gasteiger partial charge in [0.1, 0.15) is 11.5 Å². The van der Waals surface area contributed by atoms with Crippen molar-refractivity contribution in [2.45, 2.75) is 12.5 Å². The fourth-order valence-corrected chi connectivity index (χ4v) is 2.79. The molecule has 0 spiro atoms. The zero-order valence-electron chi connectivity index (χ0n) is 12.7. The molecule has 2 rings (SSSR count). The third-order valence-corrected chi connectivity index (χ3v) is 3.97. The fourth-order valence-electron chi connectivity index (χ4n) is 2.15. The molecule has 0 saturated heterocycles. The monoisotopic (exact) mass is 335 g/mol. The van der Waals surface area contributed by atoms with E-state index < -0.39 is 12.0 Å². The van der Waals surface area contributed by atoms with Crippen molar-refractivity contribution < 1.29 is 24.2 Å². The number of carbonyl (C=O) groups excluding carboxylic acids is 1. The molecule has 1 amide bonds. The first-order valence-electron chi connectivity index (χ1n) is 6.82. The number of ether oxygens (including phenoxy) is 2. The molecule has 122 valence electrons. The van der Waals surface area contributed by atoms with Crippen LogP contribution in [0.1, 0.15) is 28.4 Å². The number of carboxylic acid groups (broad SMARTS) is 1. The SMILES string of the molecule is COc1ccc(C(CC(=O)O)NC(=O)c2ccsc2)c(OC)c1. The molecule has 1 aromatic carbocycles. The number of hydrogen-bond donors (Lipinski definition) is 2. The summed E-state index contributed by atoms with van der Waals surface area (Å²) in [5, 5.41) is 15.4. The first kappa shape index (κ1) is 16.8. The van der Waals surface area contributed by atoms with Gasteiger partial charge in [0.25, 0.3) is 5.91 Å². The van der Waals surface area contributed by atoms with Crippen LogP contribution >= 0.6 is 11.3 Å². The number of benzene rings is 1. The van der Waals surface area contributed by atoms with E-state index in [1.807, 2.05) is 0 Å². The van der Waals surface area contributed by atoms with Gasteiger partial charge in [0.2, 0.25) is 0 Å². The first-order valence-corrected chi connectivity index (χ1v) is 7.76. The lowest BCUT2D eigenvalue weighted by Crippen LogP contribution is -2.30. The Morgan fingerprint density at radius 3 is 2.61 bits per heavy atom. The Labute approximate surface area is 137 Å². The van der Waals surface area contributed by atoms with E-state index in [4.69, 9.17) is 14.6 Å². The topological polar surface area (TPSA) is 84.9 Å². The maximum atomic E-state index is 12.2. The molecule has 6 nitrogen and oxygen atoms in total. The van der Waals surface area contributed by atoms with Crippen molar-refractivity contribution in [1.29, 1.82) is 0 Å². The molecule has 2 N–H and O–H groups in total. The zero-order valence-corrected chi connectivity index (χ0v) is 13.6. The van der Waals surface area contributed by atoms with E-state index in [1.54, 1.807) is 35.0 Å². The van der Waals surface area contributed by atoms with Crippen LogP contribution in [0.15, 0.2) is 35.0 Å². The minimum atomic E-state index is -1.02. The minimum absolute atomic E-state index is 0.251. The number of thiophene rings is 1. The molecule has 0 fully saturated rings. The molecule has 1 atom stereocenters. The average Bonchev–Trinajstić information content (AvgIpc) is 3.07. The van der Waals surface area contributed by atoms with Crippen LogP contribution in [-0.4, -0.2) is 31.2 Å². The van der Waals surface area contributed by atoms with Crippen LogP contribution < -0.4 is 14.8 Å². The predicted octanol–water partition coefficient (Wildman–Crippen LogP) is 2.71. The summed E-state index contributed by atoms with van der Waals surface area (Å²) in [6.07, 6.45) is -0.251. The van der Waals surface area contributed by atoms with Gasteiger partial charge in [-0.25, -0.2) is 0 Å². The number of aliphatic carboxylic acids is 1. The van der Waals surface area contributed by atoms with Crippen LogP contribution in [0.3, 0.4) is 0 Å². The highest BCUT2D eigenvalue weighted by atomic mass is 32.1. The molecule has 1 heterocycles. The van der Waals surface area contributed by atoms with Gasteiger partial charge >= 0.3 is 5.97 Å². The smallest absolute Gasteiger partial charge is 0.305 e. The van der Waals surface area contributed by atoms with E-state index in [0.717, 1.165) is 0 Å². The first-order chi connectivity index (χ1) is 11.0. The van der Waals surface area contributed by atoms with Gasteiger partial charge in [0, 0.05) is 17.0 Å². The highest BCUT2D eigenvalue weighted by Gasteiger charge is 2.22. The second-order valence-corrected chi connectivity index (χ2v) is 5.52. The Kier molecular flexibility index (Phi) is 5.59. The molecule has 23 heavy (non-hydrogen) atoms. The van der Waals surface area contributed by atoms with Crippen LogP contribution in [0.2, 0.25) is 0 Å². The summed E-state index contributed by atoms with van der Waals surface area (Å²) >= 11 is 1.40. The molecule has 1 aromatic heterocycles. The second kappa shape index (κ2) is 7.64. The highest BCUT2D eigenvalue weighted by molar-refractivity contribution is 7.08. The van der Waals surface area contributed by atoms with E-state index in [0.29, 0.717) is 22.6 Å². The van der Waals surface area contributed by atoms with E-state index >= 15 is 0 Å². The normalized spacial score (nSPS) is 11.6. The fraction of sp³-hybridized carbons (Fsp3) is 0.250. The summed E-state index contributed by atoms with van der Waals surface area (Å²) in [6, 6.07) is 6.02. The van der Waals surface area contributed by atoms with Crippen LogP contribution in [0.4, 0.5) is 0 Å². The minimum Gasteiger partial charge on any atom is -0.497 e. The Balaban J connectivity index is 2.31. The number of carbonyl (C=O) groups is 2. The van der Waals surface area contributed by atoms with E-state index in [2.05, 4.69) is 5.32 Å². The third-order valence-electron chi connectivity index (χ3n) is 3.28. The molecular formula is C16H17NO5S. The predicted molar refractivity (Wildman–Crippen MR) is 86.3 cm³/mol. The third kappa shape index (κ3) is 4.23. The van der Waals surface area contributed by atoms with Gasteiger partial charge in [-0.05, 0) is 23.6 Å². The van der Waals surface area contributed by atoms with Gasteiger partial charge in [-0.15, -0.1) is 0 Å². The number of rotatable bonds is 7. The van der Waals surface area contributed by atoms with Gasteiger partial charge in [-0.2, -0.15) is 11.3 Å². The van der Waals surface area contributed by atoms with Crippen molar-refractivity contribution >= 4 is 23.2 Å². The lowest BCUT2D eigenvalue weighted by molar-refractivity contribution is -0.137. The highest BCUT2D eigenvalue weighted by Crippen LogP contribution is 2.31. The Morgan fingerprint density at radius 1 is 1.26 bits per heavy atom. The van der Waals surface area contributed by atoms with Gasteiger partial charge in [0.05, 0.1) is 32.2 Å². The number of methoxy groups -OCH3 is 2. The molecule has 0 aliphatic rings. The van der Waals surface area contributed by atoms with Crippen LogP contribution in [0.25, 0.3) is 0 Å². The molecule has 0 aliphatic carbocycles.